The first-order valence-electron chi connectivity index (χ1n) is 5.47. The monoisotopic (exact) mass is 304 g/mol. The van der Waals surface area contributed by atoms with Crippen molar-refractivity contribution >= 4 is 33.2 Å². The van der Waals surface area contributed by atoms with Gasteiger partial charge in [-0.1, -0.05) is 22.0 Å². The van der Waals surface area contributed by atoms with Crippen molar-refractivity contribution in [1.29, 1.82) is 0 Å². The molecular weight excluding hydrogens is 292 g/mol. The molecule has 0 spiro atoms. The molecule has 0 saturated heterocycles. The van der Waals surface area contributed by atoms with Gasteiger partial charge in [0.25, 0.3) is 5.91 Å². The van der Waals surface area contributed by atoms with Crippen molar-refractivity contribution in [3.8, 4) is 0 Å². The number of nitrogens with two attached hydrogens (primary N) is 1. The average Bonchev–Trinajstić information content (AvgIpc) is 2.38. The number of nitrogens with zero attached hydrogens (tertiary/aromatic N) is 1. The van der Waals surface area contributed by atoms with Crippen molar-refractivity contribution in [3.63, 3.8) is 0 Å². The summed E-state index contributed by atoms with van der Waals surface area (Å²) in [6, 6.07) is 14.5. The van der Waals surface area contributed by atoms with Gasteiger partial charge in [0.15, 0.2) is 0 Å². The Morgan fingerprint density at radius 1 is 1.17 bits per heavy atom. The lowest BCUT2D eigenvalue weighted by atomic mass is 10.2. The van der Waals surface area contributed by atoms with Gasteiger partial charge in [-0.2, -0.15) is 0 Å². The van der Waals surface area contributed by atoms with Crippen LogP contribution in [0.1, 0.15) is 10.4 Å². The number of hydrogen-bond acceptors (Lipinski definition) is 2. The second kappa shape index (κ2) is 5.23. The molecule has 0 saturated carbocycles. The van der Waals surface area contributed by atoms with Gasteiger partial charge in [0.2, 0.25) is 0 Å². The standard InChI is InChI=1S/C14H13BrN2O/c1-17(13-4-2-3-12(16)9-13)14(18)10-5-7-11(15)8-6-10/h2-9H,16H2,1H3. The van der Waals surface area contributed by atoms with Crippen LogP contribution in [-0.4, -0.2) is 13.0 Å². The summed E-state index contributed by atoms with van der Waals surface area (Å²) in [6.45, 7) is 0. The maximum absolute atomic E-state index is 12.2. The quantitative estimate of drug-likeness (QED) is 0.865. The number of amides is 1. The summed E-state index contributed by atoms with van der Waals surface area (Å²) in [7, 11) is 1.74. The third-order valence-electron chi connectivity index (χ3n) is 2.65. The molecule has 0 fully saturated rings. The van der Waals surface area contributed by atoms with Crippen LogP contribution in [0.25, 0.3) is 0 Å². The number of anilines is 2. The molecular formula is C14H13BrN2O. The SMILES string of the molecule is CN(C(=O)c1ccc(Br)cc1)c1cccc(N)c1. The predicted molar refractivity (Wildman–Crippen MR) is 77.7 cm³/mol. The van der Waals surface area contributed by atoms with Crippen LogP contribution < -0.4 is 10.6 Å². The van der Waals surface area contributed by atoms with Gasteiger partial charge in [0.05, 0.1) is 0 Å². The fourth-order valence-corrected chi connectivity index (χ4v) is 1.90. The summed E-state index contributed by atoms with van der Waals surface area (Å²) >= 11 is 3.34. The Morgan fingerprint density at radius 2 is 1.83 bits per heavy atom. The number of rotatable bonds is 2. The molecule has 0 aliphatic carbocycles. The van der Waals surface area contributed by atoms with Gasteiger partial charge in [-0.05, 0) is 42.5 Å². The summed E-state index contributed by atoms with van der Waals surface area (Å²) in [4.78, 5) is 13.8. The molecule has 0 aliphatic heterocycles. The zero-order valence-electron chi connectivity index (χ0n) is 9.93. The van der Waals surface area contributed by atoms with E-state index in [1.54, 1.807) is 36.2 Å². The second-order valence-electron chi connectivity index (χ2n) is 3.97. The minimum Gasteiger partial charge on any atom is -0.399 e. The summed E-state index contributed by atoms with van der Waals surface area (Å²) in [5.41, 5.74) is 7.77. The van der Waals surface area contributed by atoms with Crippen LogP contribution in [0, 0.1) is 0 Å². The smallest absolute Gasteiger partial charge is 0.258 e. The van der Waals surface area contributed by atoms with Gasteiger partial charge < -0.3 is 10.6 Å². The zero-order chi connectivity index (χ0) is 13.1. The molecule has 0 unspecified atom stereocenters. The molecule has 2 rings (SSSR count). The molecule has 92 valence electrons. The van der Waals surface area contributed by atoms with Crippen LogP contribution in [-0.2, 0) is 0 Å². The second-order valence-corrected chi connectivity index (χ2v) is 4.88. The molecule has 2 aromatic carbocycles. The highest BCUT2D eigenvalue weighted by Gasteiger charge is 2.13. The van der Waals surface area contributed by atoms with Crippen LogP contribution in [0.5, 0.6) is 0 Å². The summed E-state index contributed by atoms with van der Waals surface area (Å²) in [5.74, 6) is -0.0619. The predicted octanol–water partition coefficient (Wildman–Crippen LogP) is 3.31. The summed E-state index contributed by atoms with van der Waals surface area (Å²) in [5, 5.41) is 0. The van der Waals surface area contributed by atoms with Crippen LogP contribution in [0.2, 0.25) is 0 Å². The van der Waals surface area contributed by atoms with Gasteiger partial charge in [-0.3, -0.25) is 4.79 Å². The van der Waals surface area contributed by atoms with Crippen LogP contribution in [0.4, 0.5) is 11.4 Å². The van der Waals surface area contributed by atoms with E-state index in [4.69, 9.17) is 5.73 Å². The first-order chi connectivity index (χ1) is 8.58. The molecule has 2 N–H and O–H groups in total. The van der Waals surface area contributed by atoms with E-state index >= 15 is 0 Å². The first-order valence-corrected chi connectivity index (χ1v) is 6.26. The minimum absolute atomic E-state index is 0.0619. The van der Waals surface area contributed by atoms with Gasteiger partial charge >= 0.3 is 0 Å². The molecule has 0 radical (unpaired) electrons. The fraction of sp³-hybridized carbons (Fsp3) is 0.0714. The van der Waals surface area contributed by atoms with Crippen molar-refractivity contribution in [2.45, 2.75) is 0 Å². The number of benzene rings is 2. The molecule has 0 heterocycles. The molecule has 0 atom stereocenters. The largest absolute Gasteiger partial charge is 0.399 e. The van der Waals surface area contributed by atoms with E-state index in [1.807, 2.05) is 24.3 Å². The van der Waals surface area contributed by atoms with Crippen LogP contribution in [0.15, 0.2) is 53.0 Å². The first kappa shape index (κ1) is 12.6. The molecule has 0 aliphatic rings. The van der Waals surface area contributed by atoms with Crippen LogP contribution >= 0.6 is 15.9 Å². The average molecular weight is 305 g/mol. The van der Waals surface area contributed by atoms with Gasteiger partial charge in [-0.25, -0.2) is 0 Å². The highest BCUT2D eigenvalue weighted by atomic mass is 79.9. The van der Waals surface area contributed by atoms with E-state index < -0.39 is 0 Å². The lowest BCUT2D eigenvalue weighted by Crippen LogP contribution is -2.26. The van der Waals surface area contributed by atoms with Gasteiger partial charge in [-0.15, -0.1) is 0 Å². The Labute approximate surface area is 114 Å². The number of nitrogen functional groups attached to an aromatic ring is 1. The Bertz CT molecular complexity index is 566. The Morgan fingerprint density at radius 3 is 2.44 bits per heavy atom. The van der Waals surface area contributed by atoms with E-state index in [2.05, 4.69) is 15.9 Å². The molecule has 3 nitrogen and oxygen atoms in total. The highest BCUT2D eigenvalue weighted by Crippen LogP contribution is 2.19. The summed E-state index contributed by atoms with van der Waals surface area (Å²) in [6.07, 6.45) is 0. The van der Waals surface area contributed by atoms with Crippen molar-refractivity contribution < 1.29 is 4.79 Å². The van der Waals surface area contributed by atoms with E-state index in [9.17, 15) is 4.79 Å². The van der Waals surface area contributed by atoms with Crippen molar-refractivity contribution in [2.24, 2.45) is 0 Å². The topological polar surface area (TPSA) is 46.3 Å². The maximum Gasteiger partial charge on any atom is 0.258 e. The molecule has 4 heteroatoms. The van der Waals surface area contributed by atoms with Crippen LogP contribution in [0.3, 0.4) is 0 Å². The lowest BCUT2D eigenvalue weighted by molar-refractivity contribution is 0.0993. The van der Waals surface area contributed by atoms with Gasteiger partial charge in [0, 0.05) is 28.5 Å². The van der Waals surface area contributed by atoms with Gasteiger partial charge in [0.1, 0.15) is 0 Å². The van der Waals surface area contributed by atoms with Crippen molar-refractivity contribution in [2.75, 3.05) is 17.7 Å². The minimum atomic E-state index is -0.0619. The Hall–Kier alpha value is -1.81. The van der Waals surface area contributed by atoms with E-state index in [1.165, 1.54) is 0 Å². The lowest BCUT2D eigenvalue weighted by Gasteiger charge is -2.17. The Kier molecular flexibility index (Phi) is 3.67. The van der Waals surface area contributed by atoms with Crippen molar-refractivity contribution in [3.05, 3.63) is 58.6 Å². The Balaban J connectivity index is 2.26. The molecule has 0 aromatic heterocycles. The van der Waals surface area contributed by atoms with E-state index in [-0.39, 0.29) is 5.91 Å². The fourth-order valence-electron chi connectivity index (χ4n) is 1.64. The third kappa shape index (κ3) is 2.71. The summed E-state index contributed by atoms with van der Waals surface area (Å²) < 4.78 is 0.950. The number of hydrogen-bond donors (Lipinski definition) is 1. The van der Waals surface area contributed by atoms with Crippen molar-refractivity contribution in [1.82, 2.24) is 0 Å². The molecule has 18 heavy (non-hydrogen) atoms. The van der Waals surface area contributed by atoms with E-state index in [0.717, 1.165) is 10.2 Å². The molecule has 2 aromatic rings. The number of carbonyl (C=O) groups is 1. The normalized spacial score (nSPS) is 10.1. The van der Waals surface area contributed by atoms with E-state index in [0.29, 0.717) is 11.3 Å². The molecule has 0 bridgehead atoms. The number of halogens is 1. The maximum atomic E-state index is 12.2. The molecule has 1 amide bonds. The third-order valence-corrected chi connectivity index (χ3v) is 3.18. The highest BCUT2D eigenvalue weighted by molar-refractivity contribution is 9.10. The zero-order valence-corrected chi connectivity index (χ0v) is 11.5. The number of carbonyl (C=O) groups excluding carboxylic acids is 1.